The van der Waals surface area contributed by atoms with Crippen LogP contribution in [0, 0.1) is 0 Å². The predicted molar refractivity (Wildman–Crippen MR) is 78.1 cm³/mol. The van der Waals surface area contributed by atoms with Crippen LogP contribution in [0.1, 0.15) is 27.7 Å². The Bertz CT molecular complexity index is 629. The summed E-state index contributed by atoms with van der Waals surface area (Å²) < 4.78 is 34.7. The van der Waals surface area contributed by atoms with Crippen molar-refractivity contribution >= 4 is 34.1 Å². The van der Waals surface area contributed by atoms with Crippen LogP contribution in [0.4, 0.5) is 0 Å². The van der Waals surface area contributed by atoms with E-state index in [1.165, 1.54) is 12.3 Å². The second-order valence-electron chi connectivity index (χ2n) is 5.90. The van der Waals surface area contributed by atoms with Crippen molar-refractivity contribution in [1.29, 1.82) is 0 Å². The predicted octanol–water partition coefficient (Wildman–Crippen LogP) is 1.44. The van der Waals surface area contributed by atoms with Crippen LogP contribution in [0.2, 0.25) is 5.02 Å². The zero-order valence-electron chi connectivity index (χ0n) is 12.1. The van der Waals surface area contributed by atoms with Crippen molar-refractivity contribution in [3.05, 3.63) is 17.3 Å². The van der Waals surface area contributed by atoms with E-state index in [1.54, 1.807) is 0 Å². The zero-order chi connectivity index (χ0) is 15.3. The van der Waals surface area contributed by atoms with Gasteiger partial charge in [0.25, 0.3) is 0 Å². The molecule has 0 radical (unpaired) electrons. The molecule has 0 N–H and O–H groups in total. The van der Waals surface area contributed by atoms with E-state index < -0.39 is 28.2 Å². The fourth-order valence-electron chi connectivity index (χ4n) is 1.80. The van der Waals surface area contributed by atoms with Crippen molar-refractivity contribution in [1.82, 2.24) is 4.98 Å². The molecule has 1 aromatic rings. The first kappa shape index (κ1) is 15.8. The number of hydrogen-bond acceptors (Lipinski definition) is 5. The first-order valence-corrected chi connectivity index (χ1v) is 8.42. The van der Waals surface area contributed by atoms with Crippen molar-refractivity contribution < 1.29 is 17.7 Å². The zero-order valence-corrected chi connectivity index (χ0v) is 13.7. The smallest absolute Gasteiger partial charge is 0.398 e. The Kier molecular flexibility index (Phi) is 3.70. The lowest BCUT2D eigenvalue weighted by Crippen LogP contribution is -2.41. The second kappa shape index (κ2) is 4.69. The molecular weight excluding hydrogens is 300 g/mol. The summed E-state index contributed by atoms with van der Waals surface area (Å²) in [5.41, 5.74) is -0.510. The van der Waals surface area contributed by atoms with Gasteiger partial charge in [-0.15, -0.1) is 0 Å². The fourth-order valence-corrected chi connectivity index (χ4v) is 3.04. The highest BCUT2D eigenvalue weighted by Gasteiger charge is 2.52. The number of halogens is 1. The van der Waals surface area contributed by atoms with E-state index in [0.29, 0.717) is 5.59 Å². The minimum absolute atomic E-state index is 0.000524. The molecule has 0 saturated carbocycles. The molecule has 0 bridgehead atoms. The third kappa shape index (κ3) is 2.72. The molecule has 1 saturated heterocycles. The van der Waals surface area contributed by atoms with E-state index in [2.05, 4.69) is 4.98 Å². The van der Waals surface area contributed by atoms with Gasteiger partial charge in [0.05, 0.1) is 21.8 Å². The quantitative estimate of drug-likeness (QED) is 0.772. The number of nitrogens with zero attached hydrogens (tertiary/aromatic N) is 1. The maximum absolute atomic E-state index is 11.5. The van der Waals surface area contributed by atoms with E-state index in [0.717, 1.165) is 6.26 Å². The van der Waals surface area contributed by atoms with E-state index in [1.807, 2.05) is 27.7 Å². The molecule has 5 nitrogen and oxygen atoms in total. The summed E-state index contributed by atoms with van der Waals surface area (Å²) in [6.07, 6.45) is 2.32. The first-order valence-electron chi connectivity index (χ1n) is 6.15. The Labute approximate surface area is 124 Å². The summed E-state index contributed by atoms with van der Waals surface area (Å²) >= 11 is 6.00. The lowest BCUT2D eigenvalue weighted by Gasteiger charge is -2.32. The molecule has 2 heterocycles. The second-order valence-corrected chi connectivity index (χ2v) is 8.29. The number of sulfone groups is 1. The summed E-state index contributed by atoms with van der Waals surface area (Å²) in [7, 11) is -4.06. The lowest BCUT2D eigenvalue weighted by atomic mass is 9.84. The summed E-state index contributed by atoms with van der Waals surface area (Å²) in [5, 5.41) is 0.118. The highest BCUT2D eigenvalue weighted by atomic mass is 35.5. The van der Waals surface area contributed by atoms with Crippen LogP contribution in [0.5, 0.6) is 0 Å². The van der Waals surface area contributed by atoms with Gasteiger partial charge in [-0.1, -0.05) is 11.6 Å². The van der Waals surface area contributed by atoms with E-state index in [9.17, 15) is 8.42 Å². The molecule has 1 aliphatic heterocycles. The molecule has 2 rings (SSSR count). The third-order valence-electron chi connectivity index (χ3n) is 3.74. The van der Waals surface area contributed by atoms with Crippen molar-refractivity contribution in [2.45, 2.75) is 43.8 Å². The minimum Gasteiger partial charge on any atom is -0.398 e. The Balaban J connectivity index is 2.36. The van der Waals surface area contributed by atoms with Crippen LogP contribution < -0.4 is 5.59 Å². The van der Waals surface area contributed by atoms with Crippen LogP contribution in [0.25, 0.3) is 0 Å². The van der Waals surface area contributed by atoms with Gasteiger partial charge >= 0.3 is 7.12 Å². The highest BCUT2D eigenvalue weighted by molar-refractivity contribution is 7.90. The standard InChI is InChI=1S/C12H17BClNO4S/c1-11(2)12(3,4)19-13(18-11)10-6-8(14)9(7-15-10)20(5,16)17/h6-7H,1-5H3. The van der Waals surface area contributed by atoms with E-state index >= 15 is 0 Å². The molecule has 0 atom stereocenters. The maximum atomic E-state index is 11.5. The van der Waals surface area contributed by atoms with Gasteiger partial charge in [0.1, 0.15) is 4.90 Å². The van der Waals surface area contributed by atoms with E-state index in [4.69, 9.17) is 20.9 Å². The summed E-state index contributed by atoms with van der Waals surface area (Å²) in [6.45, 7) is 7.72. The Morgan fingerprint density at radius 1 is 1.20 bits per heavy atom. The SMILES string of the molecule is CC1(C)OB(c2cc(Cl)c(S(C)(=O)=O)cn2)OC1(C)C. The van der Waals surface area contributed by atoms with Gasteiger partial charge in [0.2, 0.25) is 0 Å². The number of hydrogen-bond donors (Lipinski definition) is 0. The molecule has 20 heavy (non-hydrogen) atoms. The van der Waals surface area contributed by atoms with Crippen LogP contribution in [0.3, 0.4) is 0 Å². The van der Waals surface area contributed by atoms with Crippen molar-refractivity contribution in [3.63, 3.8) is 0 Å². The average Bonchev–Trinajstić information content (AvgIpc) is 2.46. The largest absolute Gasteiger partial charge is 0.514 e. The molecule has 0 unspecified atom stereocenters. The van der Waals surface area contributed by atoms with Gasteiger partial charge in [-0.3, -0.25) is 4.98 Å². The molecule has 0 aliphatic carbocycles. The van der Waals surface area contributed by atoms with Crippen molar-refractivity contribution in [2.24, 2.45) is 0 Å². The van der Waals surface area contributed by atoms with Gasteiger partial charge in [0.15, 0.2) is 9.84 Å². The van der Waals surface area contributed by atoms with Gasteiger partial charge in [-0.25, -0.2) is 8.42 Å². The molecule has 0 aromatic carbocycles. The van der Waals surface area contributed by atoms with E-state index in [-0.39, 0.29) is 9.92 Å². The monoisotopic (exact) mass is 317 g/mol. The maximum Gasteiger partial charge on any atom is 0.514 e. The number of aromatic nitrogens is 1. The minimum atomic E-state index is -3.40. The molecule has 1 fully saturated rings. The molecule has 8 heteroatoms. The molecule has 1 aromatic heterocycles. The number of pyridine rings is 1. The fraction of sp³-hybridized carbons (Fsp3) is 0.583. The van der Waals surface area contributed by atoms with Crippen molar-refractivity contribution in [3.8, 4) is 0 Å². The van der Waals surface area contributed by atoms with Crippen LogP contribution >= 0.6 is 11.6 Å². The van der Waals surface area contributed by atoms with Crippen LogP contribution in [0.15, 0.2) is 17.2 Å². The Morgan fingerprint density at radius 2 is 1.70 bits per heavy atom. The summed E-state index contributed by atoms with van der Waals surface area (Å²) in [5.74, 6) is 0. The molecular formula is C12H17BClNO4S. The third-order valence-corrected chi connectivity index (χ3v) is 5.28. The number of rotatable bonds is 2. The molecule has 110 valence electrons. The van der Waals surface area contributed by atoms with Gasteiger partial charge in [-0.2, -0.15) is 0 Å². The molecule has 1 aliphatic rings. The lowest BCUT2D eigenvalue weighted by molar-refractivity contribution is 0.00578. The molecule has 0 spiro atoms. The van der Waals surface area contributed by atoms with Gasteiger partial charge in [0, 0.05) is 12.5 Å². The summed E-state index contributed by atoms with van der Waals surface area (Å²) in [4.78, 5) is 4.10. The summed E-state index contributed by atoms with van der Waals surface area (Å²) in [6, 6.07) is 1.47. The normalized spacial score (nSPS) is 21.2. The van der Waals surface area contributed by atoms with Crippen LogP contribution in [-0.4, -0.2) is 38.0 Å². The Morgan fingerprint density at radius 3 is 2.10 bits per heavy atom. The van der Waals surface area contributed by atoms with Gasteiger partial charge in [-0.05, 0) is 33.8 Å². The van der Waals surface area contributed by atoms with Gasteiger partial charge < -0.3 is 9.31 Å². The molecule has 0 amide bonds. The Hall–Kier alpha value is -0.625. The topological polar surface area (TPSA) is 65.5 Å². The highest BCUT2D eigenvalue weighted by Crippen LogP contribution is 2.36. The first-order chi connectivity index (χ1) is 8.94. The van der Waals surface area contributed by atoms with Crippen molar-refractivity contribution in [2.75, 3.05) is 6.26 Å². The average molecular weight is 318 g/mol. The van der Waals surface area contributed by atoms with Crippen LogP contribution in [-0.2, 0) is 19.1 Å².